The van der Waals surface area contributed by atoms with Gasteiger partial charge in [-0.2, -0.15) is 5.10 Å². The number of carbonyl (C=O) groups excluding carboxylic acids is 1. The molecule has 1 amide bonds. The molecule has 25 heavy (non-hydrogen) atoms. The molecule has 0 saturated heterocycles. The van der Waals surface area contributed by atoms with E-state index >= 15 is 0 Å². The predicted octanol–water partition coefficient (Wildman–Crippen LogP) is 3.56. The Labute approximate surface area is 150 Å². The largest absolute Gasteiger partial charge is 0.369 e. The summed E-state index contributed by atoms with van der Waals surface area (Å²) in [6.07, 6.45) is 0.815. The van der Waals surface area contributed by atoms with Crippen LogP contribution in [0, 0.1) is 0 Å². The SMILES string of the molecule is NC(=O)c1c(Nc2cccc(Cl)c2)n[nH]c1NCCc1ccccc1. The van der Waals surface area contributed by atoms with E-state index in [2.05, 4.69) is 33.0 Å². The lowest BCUT2D eigenvalue weighted by atomic mass is 10.1. The normalized spacial score (nSPS) is 10.4. The fourth-order valence-electron chi connectivity index (χ4n) is 2.48. The molecule has 0 spiro atoms. The maximum absolute atomic E-state index is 11.9. The lowest BCUT2D eigenvalue weighted by Gasteiger charge is -2.07. The van der Waals surface area contributed by atoms with Crippen LogP contribution in [0.15, 0.2) is 54.6 Å². The van der Waals surface area contributed by atoms with E-state index in [1.54, 1.807) is 18.2 Å². The summed E-state index contributed by atoms with van der Waals surface area (Å²) >= 11 is 5.97. The highest BCUT2D eigenvalue weighted by Gasteiger charge is 2.18. The van der Waals surface area contributed by atoms with Gasteiger partial charge < -0.3 is 16.4 Å². The van der Waals surface area contributed by atoms with Crippen molar-refractivity contribution in [2.75, 3.05) is 17.2 Å². The Balaban J connectivity index is 1.72. The van der Waals surface area contributed by atoms with Gasteiger partial charge in [0.2, 0.25) is 0 Å². The number of nitrogens with two attached hydrogens (primary N) is 1. The second-order valence-electron chi connectivity index (χ2n) is 5.48. The topological polar surface area (TPSA) is 95.8 Å². The monoisotopic (exact) mass is 355 g/mol. The van der Waals surface area contributed by atoms with Crippen molar-refractivity contribution in [3.05, 3.63) is 70.7 Å². The van der Waals surface area contributed by atoms with Crippen LogP contribution < -0.4 is 16.4 Å². The van der Waals surface area contributed by atoms with Crippen molar-refractivity contribution in [1.29, 1.82) is 0 Å². The number of primary amides is 1. The molecule has 2 aromatic carbocycles. The van der Waals surface area contributed by atoms with Crippen LogP contribution in [0.1, 0.15) is 15.9 Å². The number of anilines is 3. The second-order valence-corrected chi connectivity index (χ2v) is 5.92. The number of rotatable bonds is 7. The van der Waals surface area contributed by atoms with Crippen LogP contribution in [-0.2, 0) is 6.42 Å². The zero-order valence-electron chi connectivity index (χ0n) is 13.4. The molecule has 0 radical (unpaired) electrons. The van der Waals surface area contributed by atoms with Crippen molar-refractivity contribution >= 4 is 34.8 Å². The van der Waals surface area contributed by atoms with Gasteiger partial charge in [0.25, 0.3) is 5.91 Å². The van der Waals surface area contributed by atoms with Crippen molar-refractivity contribution in [2.45, 2.75) is 6.42 Å². The summed E-state index contributed by atoms with van der Waals surface area (Å²) < 4.78 is 0. The van der Waals surface area contributed by atoms with Gasteiger partial charge >= 0.3 is 0 Å². The Morgan fingerprint density at radius 1 is 1.16 bits per heavy atom. The number of H-pyrrole nitrogens is 1. The zero-order valence-corrected chi connectivity index (χ0v) is 14.2. The first-order valence-electron chi connectivity index (χ1n) is 7.82. The molecule has 7 heteroatoms. The summed E-state index contributed by atoms with van der Waals surface area (Å²) in [6, 6.07) is 17.2. The molecule has 0 fully saturated rings. The average molecular weight is 356 g/mol. The molecule has 0 aliphatic rings. The number of benzene rings is 2. The summed E-state index contributed by atoms with van der Waals surface area (Å²) in [6.45, 7) is 0.642. The van der Waals surface area contributed by atoms with Gasteiger partial charge in [-0.05, 0) is 30.2 Å². The third kappa shape index (κ3) is 4.30. The van der Waals surface area contributed by atoms with Crippen molar-refractivity contribution in [2.24, 2.45) is 5.73 Å². The third-order valence-electron chi connectivity index (χ3n) is 3.66. The molecule has 5 N–H and O–H groups in total. The number of nitrogens with one attached hydrogen (secondary N) is 3. The maximum atomic E-state index is 11.9. The standard InChI is InChI=1S/C18H18ClN5O/c19-13-7-4-8-14(11-13)22-18-15(16(20)25)17(23-24-18)21-10-9-12-5-2-1-3-6-12/h1-8,11H,9-10H2,(H2,20,25)(H3,21,22,23,24). The molecule has 3 aromatic rings. The van der Waals surface area contributed by atoms with Crippen LogP contribution in [0.25, 0.3) is 0 Å². The number of amides is 1. The molecule has 1 heterocycles. The van der Waals surface area contributed by atoms with Gasteiger partial charge in [0, 0.05) is 17.3 Å². The van der Waals surface area contributed by atoms with Crippen LogP contribution in [0.5, 0.6) is 0 Å². The van der Waals surface area contributed by atoms with Gasteiger partial charge in [0.1, 0.15) is 11.4 Å². The van der Waals surface area contributed by atoms with Gasteiger partial charge in [-0.15, -0.1) is 0 Å². The molecule has 0 atom stereocenters. The van der Waals surface area contributed by atoms with Gasteiger partial charge in [0.15, 0.2) is 5.82 Å². The summed E-state index contributed by atoms with van der Waals surface area (Å²) in [5, 5.41) is 13.8. The summed E-state index contributed by atoms with van der Waals surface area (Å²) in [4.78, 5) is 11.9. The fourth-order valence-corrected chi connectivity index (χ4v) is 2.67. The van der Waals surface area contributed by atoms with Crippen molar-refractivity contribution in [3.8, 4) is 0 Å². The highest BCUT2D eigenvalue weighted by atomic mass is 35.5. The number of hydrogen-bond acceptors (Lipinski definition) is 4. The first-order chi connectivity index (χ1) is 12.1. The molecule has 0 bridgehead atoms. The Hall–Kier alpha value is -2.99. The maximum Gasteiger partial charge on any atom is 0.256 e. The molecule has 1 aromatic heterocycles. The van der Waals surface area contributed by atoms with Crippen LogP contribution in [0.3, 0.4) is 0 Å². The molecule has 0 saturated carbocycles. The van der Waals surface area contributed by atoms with Crippen molar-refractivity contribution in [1.82, 2.24) is 10.2 Å². The van der Waals surface area contributed by atoms with Crippen LogP contribution in [0.4, 0.5) is 17.3 Å². The first-order valence-corrected chi connectivity index (χ1v) is 8.20. The number of hydrogen-bond donors (Lipinski definition) is 4. The molecule has 6 nitrogen and oxygen atoms in total. The van der Waals surface area contributed by atoms with Crippen LogP contribution in [0.2, 0.25) is 5.02 Å². The van der Waals surface area contributed by atoms with Gasteiger partial charge in [-0.1, -0.05) is 48.0 Å². The summed E-state index contributed by atoms with van der Waals surface area (Å²) in [5.74, 6) is 0.283. The minimum Gasteiger partial charge on any atom is -0.369 e. The van der Waals surface area contributed by atoms with E-state index in [1.165, 1.54) is 5.56 Å². The molecule has 0 unspecified atom stereocenters. The van der Waals surface area contributed by atoms with E-state index < -0.39 is 5.91 Å². The first kappa shape index (κ1) is 16.9. The Morgan fingerprint density at radius 3 is 2.68 bits per heavy atom. The van der Waals surface area contributed by atoms with E-state index in [4.69, 9.17) is 17.3 Å². The van der Waals surface area contributed by atoms with Crippen molar-refractivity contribution in [3.63, 3.8) is 0 Å². The number of aromatic nitrogens is 2. The van der Waals surface area contributed by atoms with Crippen LogP contribution >= 0.6 is 11.6 Å². The summed E-state index contributed by atoms with van der Waals surface area (Å²) in [5.41, 5.74) is 7.73. The molecule has 0 aliphatic heterocycles. The number of carbonyl (C=O) groups is 1. The minimum absolute atomic E-state index is 0.285. The Bertz CT molecular complexity index is 863. The van der Waals surface area contributed by atoms with Gasteiger partial charge in [-0.3, -0.25) is 9.89 Å². The molecule has 128 valence electrons. The molecule has 0 aliphatic carbocycles. The smallest absolute Gasteiger partial charge is 0.256 e. The lowest BCUT2D eigenvalue weighted by Crippen LogP contribution is -2.16. The van der Waals surface area contributed by atoms with E-state index in [0.29, 0.717) is 23.2 Å². The van der Waals surface area contributed by atoms with E-state index in [9.17, 15) is 4.79 Å². The zero-order chi connectivity index (χ0) is 17.6. The van der Waals surface area contributed by atoms with Gasteiger partial charge in [-0.25, -0.2) is 0 Å². The number of nitrogens with zero attached hydrogens (tertiary/aromatic N) is 1. The quantitative estimate of drug-likeness (QED) is 0.521. The average Bonchev–Trinajstić information content (AvgIpc) is 2.98. The fraction of sp³-hybridized carbons (Fsp3) is 0.111. The second kappa shape index (κ2) is 7.72. The van der Waals surface area contributed by atoms with Crippen LogP contribution in [-0.4, -0.2) is 22.6 Å². The predicted molar refractivity (Wildman–Crippen MR) is 100 cm³/mol. The number of halogens is 1. The van der Waals surface area contributed by atoms with Gasteiger partial charge in [0.05, 0.1) is 0 Å². The third-order valence-corrected chi connectivity index (χ3v) is 3.89. The highest BCUT2D eigenvalue weighted by molar-refractivity contribution is 6.30. The molecular formula is C18H18ClN5O. The lowest BCUT2D eigenvalue weighted by molar-refractivity contribution is 0.100. The Kier molecular flexibility index (Phi) is 5.20. The van der Waals surface area contributed by atoms with Crippen molar-refractivity contribution < 1.29 is 4.79 Å². The van der Waals surface area contributed by atoms with E-state index in [-0.39, 0.29) is 5.56 Å². The van der Waals surface area contributed by atoms with E-state index in [0.717, 1.165) is 12.1 Å². The van der Waals surface area contributed by atoms with E-state index in [1.807, 2.05) is 24.3 Å². The molecule has 3 rings (SSSR count). The number of aromatic amines is 1. The minimum atomic E-state index is -0.569. The Morgan fingerprint density at radius 2 is 1.96 bits per heavy atom. The highest BCUT2D eigenvalue weighted by Crippen LogP contribution is 2.25. The molecular weight excluding hydrogens is 338 g/mol. The summed E-state index contributed by atoms with van der Waals surface area (Å²) in [7, 11) is 0.